The first-order valence-electron chi connectivity index (χ1n) is 6.59. The van der Waals surface area contributed by atoms with Gasteiger partial charge in [0.25, 0.3) is 0 Å². The first-order chi connectivity index (χ1) is 10.3. The Balaban J connectivity index is 2.02. The van der Waals surface area contributed by atoms with Crippen LogP contribution in [0.4, 0.5) is 0 Å². The van der Waals surface area contributed by atoms with E-state index in [1.807, 2.05) is 48.5 Å². The number of hydrogen-bond acceptors (Lipinski definition) is 4. The van der Waals surface area contributed by atoms with Crippen LogP contribution in [0.15, 0.2) is 48.5 Å². The molecule has 0 bridgehead atoms. The summed E-state index contributed by atoms with van der Waals surface area (Å²) in [5.41, 5.74) is 3.10. The molecule has 4 nitrogen and oxygen atoms in total. The highest BCUT2D eigenvalue weighted by atomic mass is 16.5. The number of aromatic nitrogens is 2. The molecular formula is C17H13N3O. The van der Waals surface area contributed by atoms with Crippen molar-refractivity contribution in [2.75, 3.05) is 7.11 Å². The molecule has 1 heterocycles. The van der Waals surface area contributed by atoms with Crippen molar-refractivity contribution in [3.05, 3.63) is 65.4 Å². The fourth-order valence-electron chi connectivity index (χ4n) is 2.28. The third-order valence-corrected chi connectivity index (χ3v) is 3.38. The highest BCUT2D eigenvalue weighted by molar-refractivity contribution is 5.84. The van der Waals surface area contributed by atoms with Gasteiger partial charge in [-0.2, -0.15) is 15.5 Å². The first-order valence-corrected chi connectivity index (χ1v) is 6.59. The summed E-state index contributed by atoms with van der Waals surface area (Å²) in [5, 5.41) is 18.7. The Hall–Kier alpha value is -2.93. The maximum absolute atomic E-state index is 9.44. The molecule has 3 aromatic rings. The number of ether oxygens (including phenoxy) is 1. The predicted molar refractivity (Wildman–Crippen MR) is 80.1 cm³/mol. The normalized spacial score (nSPS) is 10.3. The Labute approximate surface area is 122 Å². The molecule has 0 fully saturated rings. The Morgan fingerprint density at radius 3 is 2.52 bits per heavy atom. The van der Waals surface area contributed by atoms with Gasteiger partial charge in [0.05, 0.1) is 23.9 Å². The number of methoxy groups -OCH3 is 1. The van der Waals surface area contributed by atoms with E-state index in [2.05, 4.69) is 16.3 Å². The maximum atomic E-state index is 9.44. The van der Waals surface area contributed by atoms with Gasteiger partial charge in [0.1, 0.15) is 11.8 Å². The monoisotopic (exact) mass is 275 g/mol. The van der Waals surface area contributed by atoms with Crippen molar-refractivity contribution < 1.29 is 4.74 Å². The fraction of sp³-hybridized carbons (Fsp3) is 0.118. The van der Waals surface area contributed by atoms with Gasteiger partial charge in [-0.3, -0.25) is 0 Å². The molecule has 0 amide bonds. The molecule has 0 saturated heterocycles. The number of nitriles is 1. The van der Waals surface area contributed by atoms with Crippen LogP contribution in [0.25, 0.3) is 10.9 Å². The molecule has 0 aliphatic heterocycles. The lowest BCUT2D eigenvalue weighted by Gasteiger charge is -2.06. The standard InChI is InChI=1S/C17H13N3O/c1-21-13-8-6-12(7-9-13)10-17-15(11-18)14-4-2-3-5-16(14)19-20-17/h2-9H,10H2,1H3. The molecule has 0 N–H and O–H groups in total. The smallest absolute Gasteiger partial charge is 0.118 e. The van der Waals surface area contributed by atoms with Gasteiger partial charge in [-0.25, -0.2) is 0 Å². The highest BCUT2D eigenvalue weighted by Crippen LogP contribution is 2.21. The third-order valence-electron chi connectivity index (χ3n) is 3.38. The molecule has 2 aromatic carbocycles. The second-order valence-electron chi connectivity index (χ2n) is 4.68. The molecule has 0 atom stereocenters. The van der Waals surface area contributed by atoms with E-state index in [0.29, 0.717) is 17.7 Å². The lowest BCUT2D eigenvalue weighted by molar-refractivity contribution is 0.414. The zero-order valence-electron chi connectivity index (χ0n) is 11.6. The van der Waals surface area contributed by atoms with Gasteiger partial charge in [-0.1, -0.05) is 30.3 Å². The molecule has 0 aliphatic carbocycles. The first kappa shape index (κ1) is 13.1. The van der Waals surface area contributed by atoms with Crippen LogP contribution in [-0.4, -0.2) is 17.3 Å². The largest absolute Gasteiger partial charge is 0.497 e. The van der Waals surface area contributed by atoms with Gasteiger partial charge in [0.2, 0.25) is 0 Å². The van der Waals surface area contributed by atoms with Crippen molar-refractivity contribution in [3.63, 3.8) is 0 Å². The second kappa shape index (κ2) is 5.59. The van der Waals surface area contributed by atoms with Crippen LogP contribution in [0.5, 0.6) is 5.75 Å². The molecule has 0 unspecified atom stereocenters. The molecule has 3 rings (SSSR count). The van der Waals surface area contributed by atoms with E-state index in [0.717, 1.165) is 22.2 Å². The number of hydrogen-bond donors (Lipinski definition) is 0. The minimum absolute atomic E-state index is 0.574. The Kier molecular flexibility index (Phi) is 3.48. The van der Waals surface area contributed by atoms with E-state index >= 15 is 0 Å². The summed E-state index contributed by atoms with van der Waals surface area (Å²) in [6.45, 7) is 0. The SMILES string of the molecule is COc1ccc(Cc2nnc3ccccc3c2C#N)cc1. The third kappa shape index (κ3) is 2.54. The highest BCUT2D eigenvalue weighted by Gasteiger charge is 2.10. The van der Waals surface area contributed by atoms with Crippen LogP contribution in [0, 0.1) is 11.3 Å². The zero-order chi connectivity index (χ0) is 14.7. The van der Waals surface area contributed by atoms with Gasteiger partial charge in [-0.05, 0) is 23.8 Å². The van der Waals surface area contributed by atoms with Gasteiger partial charge in [0, 0.05) is 11.8 Å². The van der Waals surface area contributed by atoms with Crippen molar-refractivity contribution in [1.82, 2.24) is 10.2 Å². The molecule has 1 aromatic heterocycles. The van der Waals surface area contributed by atoms with E-state index in [1.54, 1.807) is 7.11 Å². The quantitative estimate of drug-likeness (QED) is 0.737. The summed E-state index contributed by atoms with van der Waals surface area (Å²) in [4.78, 5) is 0. The Bertz CT molecular complexity index is 820. The predicted octanol–water partition coefficient (Wildman–Crippen LogP) is 3.10. The van der Waals surface area contributed by atoms with Crippen molar-refractivity contribution in [3.8, 4) is 11.8 Å². The Morgan fingerprint density at radius 2 is 1.81 bits per heavy atom. The summed E-state index contributed by atoms with van der Waals surface area (Å²) in [6, 6.07) is 17.5. The van der Waals surface area contributed by atoms with Gasteiger partial charge in [-0.15, -0.1) is 0 Å². The number of rotatable bonds is 3. The van der Waals surface area contributed by atoms with Crippen LogP contribution >= 0.6 is 0 Å². The number of nitrogens with zero attached hydrogens (tertiary/aromatic N) is 3. The molecule has 4 heteroatoms. The summed E-state index contributed by atoms with van der Waals surface area (Å²) in [6.07, 6.45) is 0.574. The molecule has 0 spiro atoms. The van der Waals surface area contributed by atoms with E-state index in [4.69, 9.17) is 4.74 Å². The van der Waals surface area contributed by atoms with Crippen LogP contribution in [-0.2, 0) is 6.42 Å². The minimum Gasteiger partial charge on any atom is -0.497 e. The van der Waals surface area contributed by atoms with Gasteiger partial charge in [0.15, 0.2) is 0 Å². The van der Waals surface area contributed by atoms with Crippen LogP contribution in [0.1, 0.15) is 16.8 Å². The van der Waals surface area contributed by atoms with Gasteiger partial charge < -0.3 is 4.74 Å². The minimum atomic E-state index is 0.574. The molecule has 21 heavy (non-hydrogen) atoms. The Morgan fingerprint density at radius 1 is 1.05 bits per heavy atom. The summed E-state index contributed by atoms with van der Waals surface area (Å²) < 4.78 is 5.14. The van der Waals surface area contributed by atoms with Crippen molar-refractivity contribution in [1.29, 1.82) is 5.26 Å². The number of fused-ring (bicyclic) bond motifs is 1. The van der Waals surface area contributed by atoms with Crippen LogP contribution < -0.4 is 4.74 Å². The molecule has 0 radical (unpaired) electrons. The number of benzene rings is 2. The van der Waals surface area contributed by atoms with Crippen molar-refractivity contribution in [2.45, 2.75) is 6.42 Å². The van der Waals surface area contributed by atoms with Crippen LogP contribution in [0.3, 0.4) is 0 Å². The van der Waals surface area contributed by atoms with E-state index in [9.17, 15) is 5.26 Å². The molecule has 0 saturated carbocycles. The molecular weight excluding hydrogens is 262 g/mol. The van der Waals surface area contributed by atoms with Crippen molar-refractivity contribution >= 4 is 10.9 Å². The summed E-state index contributed by atoms with van der Waals surface area (Å²) >= 11 is 0. The average Bonchev–Trinajstić information content (AvgIpc) is 2.55. The fourth-order valence-corrected chi connectivity index (χ4v) is 2.28. The average molecular weight is 275 g/mol. The summed E-state index contributed by atoms with van der Waals surface area (Å²) in [5.74, 6) is 0.809. The summed E-state index contributed by atoms with van der Waals surface area (Å²) in [7, 11) is 1.64. The second-order valence-corrected chi connectivity index (χ2v) is 4.68. The van der Waals surface area contributed by atoms with Gasteiger partial charge >= 0.3 is 0 Å². The van der Waals surface area contributed by atoms with E-state index in [1.165, 1.54) is 0 Å². The molecule has 102 valence electrons. The van der Waals surface area contributed by atoms with E-state index < -0.39 is 0 Å². The lowest BCUT2D eigenvalue weighted by Crippen LogP contribution is -2.00. The van der Waals surface area contributed by atoms with Crippen molar-refractivity contribution in [2.24, 2.45) is 0 Å². The lowest BCUT2D eigenvalue weighted by atomic mass is 10.0. The topological polar surface area (TPSA) is 58.8 Å². The zero-order valence-corrected chi connectivity index (χ0v) is 11.6. The van der Waals surface area contributed by atoms with Crippen LogP contribution in [0.2, 0.25) is 0 Å². The van der Waals surface area contributed by atoms with E-state index in [-0.39, 0.29) is 0 Å². The molecule has 0 aliphatic rings. The maximum Gasteiger partial charge on any atom is 0.118 e.